The maximum absolute atomic E-state index is 14.3. The van der Waals surface area contributed by atoms with E-state index in [9.17, 15) is 19.2 Å². The summed E-state index contributed by atoms with van der Waals surface area (Å²) in [7, 11) is 1.23. The number of ether oxygens (including phenoxy) is 3. The Bertz CT molecular complexity index is 1920. The van der Waals surface area contributed by atoms with E-state index in [1.165, 1.54) is 13.2 Å². The SMILES string of the molecule is CCCNC(=O)c1ccc(-c2cc3c(cc2C(=O)Nc2c(C)cc(CNC(=O)OC(C)(C)C)cc2C)-c2cscc2CO3)c(C(=O)OC)n1. The second-order valence-corrected chi connectivity index (χ2v) is 13.5. The standard InChI is InChI=1S/C37H40N4O7S/c1-8-11-38-34(43)29-10-9-24(32(40-29)35(44)46-7)25-15-30-26(28-19-49-18-23(28)17-47-30)14-27(25)33(42)41-31-20(2)12-22(13-21(31)3)16-39-36(45)48-37(4,5)6/h9-10,12-15,18-19H,8,11,16-17H2,1-7H3,(H,38,43)(H,39,45)(H,41,42). The van der Waals surface area contributed by atoms with Crippen LogP contribution >= 0.6 is 11.3 Å². The van der Waals surface area contributed by atoms with Crippen molar-refractivity contribution in [1.29, 1.82) is 0 Å². The minimum Gasteiger partial charge on any atom is -0.488 e. The van der Waals surface area contributed by atoms with Gasteiger partial charge in [0.2, 0.25) is 0 Å². The van der Waals surface area contributed by atoms with Gasteiger partial charge in [0.25, 0.3) is 11.8 Å². The highest BCUT2D eigenvalue weighted by Crippen LogP contribution is 2.44. The summed E-state index contributed by atoms with van der Waals surface area (Å²) in [4.78, 5) is 56.7. The van der Waals surface area contributed by atoms with E-state index >= 15 is 0 Å². The third-order valence-electron chi connectivity index (χ3n) is 7.78. The Morgan fingerprint density at radius 1 is 0.918 bits per heavy atom. The fourth-order valence-electron chi connectivity index (χ4n) is 5.55. The van der Waals surface area contributed by atoms with Crippen LogP contribution in [0, 0.1) is 13.8 Å². The summed E-state index contributed by atoms with van der Waals surface area (Å²) in [5, 5.41) is 12.6. The molecule has 256 valence electrons. The van der Waals surface area contributed by atoms with Gasteiger partial charge in [-0.05, 0) is 92.8 Å². The molecule has 5 rings (SSSR count). The molecule has 4 aromatic rings. The molecule has 3 heterocycles. The van der Waals surface area contributed by atoms with Crippen LogP contribution in [0.15, 0.2) is 47.2 Å². The zero-order chi connectivity index (χ0) is 35.5. The summed E-state index contributed by atoms with van der Waals surface area (Å²) in [5.41, 5.74) is 6.04. The Hall–Kier alpha value is -5.23. The van der Waals surface area contributed by atoms with Crippen LogP contribution in [0.3, 0.4) is 0 Å². The lowest BCUT2D eigenvalue weighted by Crippen LogP contribution is -2.32. The molecular formula is C37H40N4O7S. The number of carbonyl (C=O) groups excluding carboxylic acids is 4. The molecule has 2 aromatic heterocycles. The minimum atomic E-state index is -0.757. The molecule has 3 amide bonds. The Labute approximate surface area is 289 Å². The first-order chi connectivity index (χ1) is 23.3. The summed E-state index contributed by atoms with van der Waals surface area (Å²) < 4.78 is 16.5. The molecule has 49 heavy (non-hydrogen) atoms. The third kappa shape index (κ3) is 7.92. The third-order valence-corrected chi connectivity index (χ3v) is 8.57. The van der Waals surface area contributed by atoms with Crippen molar-refractivity contribution >= 4 is 40.9 Å². The number of fused-ring (bicyclic) bond motifs is 3. The molecule has 0 saturated carbocycles. The van der Waals surface area contributed by atoms with Gasteiger partial charge in [-0.15, -0.1) is 0 Å². The van der Waals surface area contributed by atoms with E-state index in [4.69, 9.17) is 14.2 Å². The van der Waals surface area contributed by atoms with Crippen LogP contribution in [0.1, 0.15) is 87.7 Å². The van der Waals surface area contributed by atoms with Crippen LogP contribution < -0.4 is 20.7 Å². The molecule has 0 spiro atoms. The maximum atomic E-state index is 14.3. The topological polar surface area (TPSA) is 145 Å². The lowest BCUT2D eigenvalue weighted by atomic mass is 9.91. The average molecular weight is 685 g/mol. The van der Waals surface area contributed by atoms with E-state index in [0.29, 0.717) is 35.7 Å². The number of thiophene rings is 1. The van der Waals surface area contributed by atoms with Crippen molar-refractivity contribution < 1.29 is 33.4 Å². The van der Waals surface area contributed by atoms with Gasteiger partial charge in [-0.1, -0.05) is 19.1 Å². The van der Waals surface area contributed by atoms with Crippen LogP contribution in [-0.4, -0.2) is 48.1 Å². The number of alkyl carbamates (subject to hydrolysis) is 1. The molecule has 0 aliphatic carbocycles. The Morgan fingerprint density at radius 3 is 2.33 bits per heavy atom. The average Bonchev–Trinajstić information content (AvgIpc) is 3.55. The number of nitrogens with zero attached hydrogens (tertiary/aromatic N) is 1. The van der Waals surface area contributed by atoms with E-state index in [-0.39, 0.29) is 23.5 Å². The highest BCUT2D eigenvalue weighted by molar-refractivity contribution is 7.08. The first-order valence-corrected chi connectivity index (χ1v) is 16.9. The smallest absolute Gasteiger partial charge is 0.407 e. The van der Waals surface area contributed by atoms with Crippen LogP contribution in [0.2, 0.25) is 0 Å². The monoisotopic (exact) mass is 684 g/mol. The Morgan fingerprint density at radius 2 is 1.65 bits per heavy atom. The summed E-state index contributed by atoms with van der Waals surface area (Å²) in [5.74, 6) is -1.06. The second kappa shape index (κ2) is 14.5. The van der Waals surface area contributed by atoms with Crippen LogP contribution in [0.25, 0.3) is 22.3 Å². The van der Waals surface area contributed by atoms with E-state index in [2.05, 4.69) is 20.9 Å². The van der Waals surface area contributed by atoms with Gasteiger partial charge in [0.1, 0.15) is 23.7 Å². The summed E-state index contributed by atoms with van der Waals surface area (Å²) in [6, 6.07) is 10.4. The van der Waals surface area contributed by atoms with Crippen molar-refractivity contribution in [1.82, 2.24) is 15.6 Å². The number of anilines is 1. The van der Waals surface area contributed by atoms with Gasteiger partial charge in [0.15, 0.2) is 5.69 Å². The predicted octanol–water partition coefficient (Wildman–Crippen LogP) is 7.19. The molecule has 0 saturated heterocycles. The summed E-state index contributed by atoms with van der Waals surface area (Å²) in [6.45, 7) is 12.1. The molecule has 12 heteroatoms. The van der Waals surface area contributed by atoms with Gasteiger partial charge in [-0.3, -0.25) is 9.59 Å². The number of pyridine rings is 1. The molecule has 11 nitrogen and oxygen atoms in total. The minimum absolute atomic E-state index is 0.0493. The molecule has 0 atom stereocenters. The number of hydrogen-bond acceptors (Lipinski definition) is 9. The normalized spacial score (nSPS) is 11.8. The van der Waals surface area contributed by atoms with Crippen molar-refractivity contribution in [2.24, 2.45) is 0 Å². The summed E-state index contributed by atoms with van der Waals surface area (Å²) >= 11 is 1.55. The quantitative estimate of drug-likeness (QED) is 0.157. The maximum Gasteiger partial charge on any atom is 0.407 e. The Balaban J connectivity index is 1.55. The molecule has 0 fully saturated rings. The number of esters is 1. The molecule has 0 radical (unpaired) electrons. The first kappa shape index (κ1) is 35.1. The number of amides is 3. The van der Waals surface area contributed by atoms with Crippen LogP contribution in [0.4, 0.5) is 10.5 Å². The van der Waals surface area contributed by atoms with Crippen LogP contribution in [0.5, 0.6) is 5.75 Å². The zero-order valence-electron chi connectivity index (χ0n) is 28.7. The van der Waals surface area contributed by atoms with Crippen LogP contribution in [-0.2, 0) is 22.6 Å². The number of nitrogens with one attached hydrogen (secondary N) is 3. The fourth-order valence-corrected chi connectivity index (χ4v) is 6.40. The molecular weight excluding hydrogens is 644 g/mol. The molecule has 1 aliphatic heterocycles. The molecule has 2 aromatic carbocycles. The van der Waals surface area contributed by atoms with Gasteiger partial charge in [0.05, 0.1) is 7.11 Å². The van der Waals surface area contributed by atoms with Gasteiger partial charge in [0, 0.05) is 52.2 Å². The molecule has 1 aliphatic rings. The van der Waals surface area contributed by atoms with Gasteiger partial charge in [-0.25, -0.2) is 14.6 Å². The van der Waals surface area contributed by atoms with Gasteiger partial charge in [-0.2, -0.15) is 11.3 Å². The lowest BCUT2D eigenvalue weighted by molar-refractivity contribution is 0.0522. The number of carbonyl (C=O) groups is 4. The second-order valence-electron chi connectivity index (χ2n) is 12.7. The number of rotatable bonds is 9. The van der Waals surface area contributed by atoms with E-state index < -0.39 is 29.5 Å². The van der Waals surface area contributed by atoms with E-state index in [1.807, 2.05) is 43.7 Å². The number of hydrogen-bond donors (Lipinski definition) is 3. The Kier molecular flexibility index (Phi) is 10.4. The number of aromatic nitrogens is 1. The highest BCUT2D eigenvalue weighted by Gasteiger charge is 2.28. The first-order valence-electron chi connectivity index (χ1n) is 15.9. The fraction of sp³-hybridized carbons (Fsp3) is 0.324. The van der Waals surface area contributed by atoms with Crippen molar-refractivity contribution in [3.63, 3.8) is 0 Å². The largest absolute Gasteiger partial charge is 0.488 e. The van der Waals surface area contributed by atoms with Gasteiger partial charge < -0.3 is 30.2 Å². The van der Waals surface area contributed by atoms with Crippen molar-refractivity contribution in [3.05, 3.63) is 86.4 Å². The van der Waals surface area contributed by atoms with Crippen molar-refractivity contribution in [2.75, 3.05) is 19.0 Å². The molecule has 0 unspecified atom stereocenters. The van der Waals surface area contributed by atoms with Crippen molar-refractivity contribution in [3.8, 4) is 28.0 Å². The lowest BCUT2D eigenvalue weighted by Gasteiger charge is -2.22. The number of methoxy groups -OCH3 is 1. The predicted molar refractivity (Wildman–Crippen MR) is 188 cm³/mol. The molecule has 0 bridgehead atoms. The van der Waals surface area contributed by atoms with Gasteiger partial charge >= 0.3 is 12.1 Å². The number of benzene rings is 2. The summed E-state index contributed by atoms with van der Waals surface area (Å²) in [6.07, 6.45) is 0.214. The van der Waals surface area contributed by atoms with E-state index in [1.54, 1.807) is 50.3 Å². The van der Waals surface area contributed by atoms with Crippen molar-refractivity contribution in [2.45, 2.75) is 66.7 Å². The number of aryl methyl sites for hydroxylation is 2. The highest BCUT2D eigenvalue weighted by atomic mass is 32.1. The molecule has 3 N–H and O–H groups in total. The van der Waals surface area contributed by atoms with E-state index in [0.717, 1.165) is 39.8 Å². The zero-order valence-corrected chi connectivity index (χ0v) is 29.5.